The van der Waals surface area contributed by atoms with Gasteiger partial charge in [0.1, 0.15) is 17.8 Å². The number of hydrogen-bond acceptors (Lipinski definition) is 8. The largest absolute Gasteiger partial charge is 0.414 e. The molecular weight excluding hydrogens is 490 g/mol. The topological polar surface area (TPSA) is 107 Å². The van der Waals surface area contributed by atoms with E-state index in [4.69, 9.17) is 35.0 Å². The van der Waals surface area contributed by atoms with Crippen LogP contribution < -0.4 is 5.73 Å². The Labute approximate surface area is 209 Å². The molecule has 4 heterocycles. The molecule has 0 aliphatic carbocycles. The van der Waals surface area contributed by atoms with E-state index in [1.165, 1.54) is 0 Å². The molecule has 0 amide bonds. The van der Waals surface area contributed by atoms with Crippen LogP contribution in [0.1, 0.15) is 68.0 Å². The lowest BCUT2D eigenvalue weighted by Crippen LogP contribution is -2.65. The molecule has 4 rings (SSSR count). The molecule has 0 aromatic carbocycles. The van der Waals surface area contributed by atoms with Gasteiger partial charge in [0, 0.05) is 6.42 Å². The minimum absolute atomic E-state index is 0.0828. The standard InChI is InChI=1S/C22H38ClN5O4Si2/c1-12(2)33(13(3)4)29-10-17-16(31-34(32-33,14(5)6)15(7)8)9-18(30-17)28-11-25-19-20(24)26-22(23)27-21(19)28/h11-18H,9-10H2,1-8H3,(H2,24,26,27)/t16-,17+,18+/m0/s1. The minimum Gasteiger partial charge on any atom is -0.414 e. The predicted octanol–water partition coefficient (Wildman–Crippen LogP) is 5.31. The van der Waals surface area contributed by atoms with E-state index in [9.17, 15) is 0 Å². The number of nitrogens with zero attached hydrogens (tertiary/aromatic N) is 4. The number of anilines is 1. The lowest BCUT2D eigenvalue weighted by Gasteiger charge is -2.51. The summed E-state index contributed by atoms with van der Waals surface area (Å²) in [4.78, 5) is 12.8. The summed E-state index contributed by atoms with van der Waals surface area (Å²) >= 11 is 6.09. The molecule has 2 aromatic heterocycles. The van der Waals surface area contributed by atoms with Gasteiger partial charge in [-0.05, 0) is 33.8 Å². The van der Waals surface area contributed by atoms with E-state index < -0.39 is 17.1 Å². The molecule has 0 radical (unpaired) electrons. The first-order valence-corrected chi connectivity index (χ1v) is 16.6. The Hall–Kier alpha value is -1.09. The summed E-state index contributed by atoms with van der Waals surface area (Å²) in [6.07, 6.45) is 1.63. The highest BCUT2D eigenvalue weighted by Crippen LogP contribution is 2.48. The summed E-state index contributed by atoms with van der Waals surface area (Å²) in [6.45, 7) is 18.2. The molecule has 9 nitrogen and oxygen atoms in total. The van der Waals surface area contributed by atoms with Crippen molar-refractivity contribution in [2.75, 3.05) is 12.3 Å². The second kappa shape index (κ2) is 9.42. The van der Waals surface area contributed by atoms with Gasteiger partial charge in [0.2, 0.25) is 5.28 Å². The second-order valence-electron chi connectivity index (χ2n) is 10.7. The summed E-state index contributed by atoms with van der Waals surface area (Å²) in [5.41, 5.74) is 8.17. The zero-order chi connectivity index (χ0) is 25.0. The normalized spacial score (nSPS) is 27.0. The number of hydrogen-bond donors (Lipinski definition) is 1. The Morgan fingerprint density at radius 1 is 0.971 bits per heavy atom. The molecule has 12 heteroatoms. The molecule has 2 saturated heterocycles. The van der Waals surface area contributed by atoms with Gasteiger partial charge >= 0.3 is 17.1 Å². The lowest BCUT2D eigenvalue weighted by molar-refractivity contribution is -0.0544. The van der Waals surface area contributed by atoms with Gasteiger partial charge in [-0.15, -0.1) is 0 Å². The minimum atomic E-state index is -2.69. The van der Waals surface area contributed by atoms with Gasteiger partial charge < -0.3 is 23.4 Å². The predicted molar refractivity (Wildman–Crippen MR) is 137 cm³/mol. The number of imidazole rings is 1. The van der Waals surface area contributed by atoms with Gasteiger partial charge in [0.25, 0.3) is 0 Å². The number of aromatic nitrogens is 4. The molecule has 2 aliphatic heterocycles. The monoisotopic (exact) mass is 527 g/mol. The van der Waals surface area contributed by atoms with Crippen LogP contribution in [0.5, 0.6) is 0 Å². The quantitative estimate of drug-likeness (QED) is 0.412. The number of fused-ring (bicyclic) bond motifs is 2. The maximum Gasteiger partial charge on any atom is 0.335 e. The van der Waals surface area contributed by atoms with Crippen LogP contribution in [0.15, 0.2) is 6.33 Å². The van der Waals surface area contributed by atoms with E-state index >= 15 is 0 Å². The van der Waals surface area contributed by atoms with Crippen LogP contribution in [0.25, 0.3) is 11.2 Å². The second-order valence-corrected chi connectivity index (χ2v) is 19.9. The molecule has 2 aromatic rings. The lowest BCUT2D eigenvalue weighted by atomic mass is 10.2. The first kappa shape index (κ1) is 26.0. The van der Waals surface area contributed by atoms with Crippen LogP contribution >= 0.6 is 11.6 Å². The zero-order valence-electron chi connectivity index (χ0n) is 21.4. The van der Waals surface area contributed by atoms with Gasteiger partial charge in [-0.1, -0.05) is 55.4 Å². The fraction of sp³-hybridized carbons (Fsp3) is 0.773. The molecule has 0 spiro atoms. The van der Waals surface area contributed by atoms with Crippen molar-refractivity contribution in [3.05, 3.63) is 11.6 Å². The van der Waals surface area contributed by atoms with Crippen LogP contribution in [0, 0.1) is 0 Å². The maximum atomic E-state index is 7.25. The van der Waals surface area contributed by atoms with Crippen LogP contribution in [0.2, 0.25) is 27.4 Å². The highest BCUT2D eigenvalue weighted by atomic mass is 35.5. The molecule has 0 unspecified atom stereocenters. The molecule has 3 atom stereocenters. The van der Waals surface area contributed by atoms with Crippen molar-refractivity contribution in [3.8, 4) is 0 Å². The Morgan fingerprint density at radius 3 is 2.18 bits per heavy atom. The van der Waals surface area contributed by atoms with Crippen LogP contribution in [0.4, 0.5) is 5.82 Å². The fourth-order valence-corrected chi connectivity index (χ4v) is 16.8. The van der Waals surface area contributed by atoms with Gasteiger partial charge in [0.15, 0.2) is 11.5 Å². The molecule has 0 bridgehead atoms. The molecule has 34 heavy (non-hydrogen) atoms. The fourth-order valence-electron chi connectivity index (χ4n) is 5.43. The number of nitrogens with two attached hydrogens (primary N) is 1. The van der Waals surface area contributed by atoms with Gasteiger partial charge in [0.05, 0.1) is 19.0 Å². The Balaban J connectivity index is 1.73. The van der Waals surface area contributed by atoms with Crippen molar-refractivity contribution >= 4 is 45.7 Å². The third-order valence-corrected chi connectivity index (χ3v) is 17.7. The first-order valence-electron chi connectivity index (χ1n) is 12.2. The number of nitrogen functional groups attached to an aromatic ring is 1. The third-order valence-electron chi connectivity index (χ3n) is 7.26. The summed E-state index contributed by atoms with van der Waals surface area (Å²) < 4.78 is 29.6. The maximum absolute atomic E-state index is 7.25. The van der Waals surface area contributed by atoms with Gasteiger partial charge in [-0.2, -0.15) is 9.97 Å². The summed E-state index contributed by atoms with van der Waals surface area (Å²) in [6, 6.07) is 0. The van der Waals surface area contributed by atoms with E-state index in [1.807, 2.05) is 4.57 Å². The summed E-state index contributed by atoms with van der Waals surface area (Å²) in [5, 5.41) is 0.0828. The Bertz CT molecular complexity index is 1020. The van der Waals surface area contributed by atoms with Gasteiger partial charge in [-0.25, -0.2) is 4.98 Å². The Kier molecular flexibility index (Phi) is 7.20. The van der Waals surface area contributed by atoms with Crippen molar-refractivity contribution in [2.45, 2.75) is 102 Å². The Morgan fingerprint density at radius 2 is 1.59 bits per heavy atom. The molecule has 2 N–H and O–H groups in total. The van der Waals surface area contributed by atoms with Crippen LogP contribution in [0.3, 0.4) is 0 Å². The SMILES string of the molecule is CC(C)[Si]1(C(C)C)OC[C@H]2O[C@@H](n3cnc4c(N)nc(Cl)nc43)C[C@@H]2O[Si](C(C)C)(C(C)C)O1. The summed E-state index contributed by atoms with van der Waals surface area (Å²) in [5.74, 6) is 0.251. The number of halogens is 1. The van der Waals surface area contributed by atoms with Crippen molar-refractivity contribution in [2.24, 2.45) is 0 Å². The first-order chi connectivity index (χ1) is 15.9. The molecule has 2 fully saturated rings. The average molecular weight is 528 g/mol. The van der Waals surface area contributed by atoms with Crippen molar-refractivity contribution < 1.29 is 17.7 Å². The average Bonchev–Trinajstić information content (AvgIpc) is 3.31. The van der Waals surface area contributed by atoms with Crippen LogP contribution in [-0.2, 0) is 17.7 Å². The highest BCUT2D eigenvalue weighted by molar-refractivity contribution is 6.83. The smallest absolute Gasteiger partial charge is 0.335 e. The van der Waals surface area contributed by atoms with Crippen molar-refractivity contribution in [1.82, 2.24) is 19.5 Å². The van der Waals surface area contributed by atoms with Crippen molar-refractivity contribution in [3.63, 3.8) is 0 Å². The summed E-state index contributed by atoms with van der Waals surface area (Å²) in [7, 11) is -5.29. The highest BCUT2D eigenvalue weighted by Gasteiger charge is 2.60. The van der Waals surface area contributed by atoms with Crippen LogP contribution in [-0.4, -0.2) is 55.5 Å². The van der Waals surface area contributed by atoms with Gasteiger partial charge in [-0.3, -0.25) is 4.57 Å². The molecular formula is C22H38ClN5O4Si2. The molecule has 0 saturated carbocycles. The molecule has 190 valence electrons. The van der Waals surface area contributed by atoms with E-state index in [-0.39, 0.29) is 51.7 Å². The van der Waals surface area contributed by atoms with E-state index in [0.717, 1.165) is 0 Å². The zero-order valence-corrected chi connectivity index (χ0v) is 24.2. The number of rotatable bonds is 5. The van der Waals surface area contributed by atoms with E-state index in [0.29, 0.717) is 24.2 Å². The van der Waals surface area contributed by atoms with E-state index in [2.05, 4.69) is 70.3 Å². The number of ether oxygens (including phenoxy) is 1. The third kappa shape index (κ3) is 4.23. The van der Waals surface area contributed by atoms with Crippen molar-refractivity contribution in [1.29, 1.82) is 0 Å². The molecule has 2 aliphatic rings. The van der Waals surface area contributed by atoms with E-state index in [1.54, 1.807) is 6.33 Å².